The summed E-state index contributed by atoms with van der Waals surface area (Å²) >= 11 is 0. The topological polar surface area (TPSA) is 15.3 Å². The highest BCUT2D eigenvalue weighted by atomic mass is 15.2. The zero-order valence-electron chi connectivity index (χ0n) is 15.7. The lowest BCUT2D eigenvalue weighted by Crippen LogP contribution is -2.56. The van der Waals surface area contributed by atoms with E-state index < -0.39 is 0 Å². The van der Waals surface area contributed by atoms with E-state index >= 15 is 0 Å². The average molecular weight is 297 g/mol. The molecule has 21 heavy (non-hydrogen) atoms. The quantitative estimate of drug-likeness (QED) is 0.707. The van der Waals surface area contributed by atoms with E-state index in [1.165, 1.54) is 45.3 Å². The summed E-state index contributed by atoms with van der Waals surface area (Å²) in [6.45, 7) is 20.3. The molecule has 126 valence electrons. The fourth-order valence-corrected chi connectivity index (χ4v) is 3.78. The van der Waals surface area contributed by atoms with Crippen LogP contribution in [0.1, 0.15) is 74.1 Å². The second-order valence-electron chi connectivity index (χ2n) is 8.78. The minimum absolute atomic E-state index is 0.501. The Kier molecular flexibility index (Phi) is 7.70. The van der Waals surface area contributed by atoms with Gasteiger partial charge in [-0.3, -0.25) is 4.90 Å². The molecule has 0 spiro atoms. The van der Waals surface area contributed by atoms with Crippen molar-refractivity contribution in [2.45, 2.75) is 86.2 Å². The third-order valence-electron chi connectivity index (χ3n) is 4.68. The molecule has 0 aromatic carbocycles. The van der Waals surface area contributed by atoms with E-state index in [0.29, 0.717) is 17.5 Å². The molecule has 0 amide bonds. The summed E-state index contributed by atoms with van der Waals surface area (Å²) in [6.07, 6.45) is 5.28. The van der Waals surface area contributed by atoms with Crippen LogP contribution in [0, 0.1) is 17.3 Å². The third-order valence-corrected chi connectivity index (χ3v) is 4.68. The lowest BCUT2D eigenvalue weighted by molar-refractivity contribution is 0.0495. The predicted octanol–water partition coefficient (Wildman–Crippen LogP) is 4.55. The van der Waals surface area contributed by atoms with Crippen molar-refractivity contribution < 1.29 is 0 Å². The normalized spacial score (nSPS) is 26.0. The SMILES string of the molecule is CCCNC1CCC(C)(C)CC1N(CC(C)C)CC(C)C. The largest absolute Gasteiger partial charge is 0.312 e. The van der Waals surface area contributed by atoms with Crippen molar-refractivity contribution in [2.75, 3.05) is 19.6 Å². The van der Waals surface area contributed by atoms with Gasteiger partial charge in [0.25, 0.3) is 0 Å². The van der Waals surface area contributed by atoms with Gasteiger partial charge >= 0.3 is 0 Å². The van der Waals surface area contributed by atoms with Crippen LogP contribution in [-0.4, -0.2) is 36.6 Å². The fourth-order valence-electron chi connectivity index (χ4n) is 3.78. The molecule has 1 aliphatic rings. The summed E-state index contributed by atoms with van der Waals surface area (Å²) in [4.78, 5) is 2.80. The van der Waals surface area contributed by atoms with Gasteiger partial charge in [0.2, 0.25) is 0 Å². The Labute approximate surface area is 134 Å². The Bertz CT molecular complexity index is 273. The molecule has 0 aromatic heterocycles. The molecule has 0 heterocycles. The number of nitrogens with zero attached hydrogens (tertiary/aromatic N) is 1. The second-order valence-corrected chi connectivity index (χ2v) is 8.78. The molecule has 2 atom stereocenters. The van der Waals surface area contributed by atoms with Crippen LogP contribution in [-0.2, 0) is 0 Å². The lowest BCUT2D eigenvalue weighted by Gasteiger charge is -2.47. The van der Waals surface area contributed by atoms with Crippen LogP contribution < -0.4 is 5.32 Å². The number of nitrogens with one attached hydrogen (secondary N) is 1. The first kappa shape index (κ1) is 19.0. The van der Waals surface area contributed by atoms with Crippen molar-refractivity contribution in [3.05, 3.63) is 0 Å². The minimum Gasteiger partial charge on any atom is -0.312 e. The van der Waals surface area contributed by atoms with Gasteiger partial charge in [0.05, 0.1) is 0 Å². The molecule has 1 saturated carbocycles. The van der Waals surface area contributed by atoms with E-state index in [2.05, 4.69) is 58.7 Å². The maximum Gasteiger partial charge on any atom is 0.0254 e. The van der Waals surface area contributed by atoms with Gasteiger partial charge in [-0.05, 0) is 49.5 Å². The zero-order valence-corrected chi connectivity index (χ0v) is 15.7. The summed E-state index contributed by atoms with van der Waals surface area (Å²) in [5.74, 6) is 1.50. The van der Waals surface area contributed by atoms with E-state index in [1.54, 1.807) is 0 Å². The molecule has 1 aliphatic carbocycles. The number of hydrogen-bond acceptors (Lipinski definition) is 2. The maximum absolute atomic E-state index is 3.84. The van der Waals surface area contributed by atoms with Crippen LogP contribution in [0.4, 0.5) is 0 Å². The van der Waals surface area contributed by atoms with Gasteiger partial charge in [0.1, 0.15) is 0 Å². The highest BCUT2D eigenvalue weighted by Crippen LogP contribution is 2.38. The first-order chi connectivity index (χ1) is 9.75. The van der Waals surface area contributed by atoms with E-state index in [-0.39, 0.29) is 0 Å². The molecule has 0 radical (unpaired) electrons. The summed E-state index contributed by atoms with van der Waals surface area (Å²) in [5.41, 5.74) is 0.501. The molecule has 1 rings (SSSR count). The molecule has 0 saturated heterocycles. The minimum atomic E-state index is 0.501. The highest BCUT2D eigenvalue weighted by molar-refractivity contribution is 4.95. The van der Waals surface area contributed by atoms with Crippen LogP contribution in [0.2, 0.25) is 0 Å². The Morgan fingerprint density at radius 3 is 2.14 bits per heavy atom. The number of rotatable bonds is 8. The average Bonchev–Trinajstić information content (AvgIpc) is 2.34. The van der Waals surface area contributed by atoms with Crippen LogP contribution in [0.5, 0.6) is 0 Å². The van der Waals surface area contributed by atoms with Gasteiger partial charge in [-0.15, -0.1) is 0 Å². The molecule has 0 bridgehead atoms. The highest BCUT2D eigenvalue weighted by Gasteiger charge is 2.37. The van der Waals surface area contributed by atoms with Crippen molar-refractivity contribution in [2.24, 2.45) is 17.3 Å². The van der Waals surface area contributed by atoms with Gasteiger partial charge in [-0.2, -0.15) is 0 Å². The van der Waals surface area contributed by atoms with Gasteiger partial charge < -0.3 is 5.32 Å². The summed E-state index contributed by atoms with van der Waals surface area (Å²) in [6, 6.07) is 1.40. The van der Waals surface area contributed by atoms with Crippen LogP contribution in [0.15, 0.2) is 0 Å². The molecule has 1 N–H and O–H groups in total. The van der Waals surface area contributed by atoms with Gasteiger partial charge in [-0.25, -0.2) is 0 Å². The van der Waals surface area contributed by atoms with Crippen molar-refractivity contribution >= 4 is 0 Å². The van der Waals surface area contributed by atoms with Crippen LogP contribution >= 0.6 is 0 Å². The van der Waals surface area contributed by atoms with Gasteiger partial charge in [-0.1, -0.05) is 48.5 Å². The van der Waals surface area contributed by atoms with Crippen molar-refractivity contribution in [3.63, 3.8) is 0 Å². The van der Waals surface area contributed by atoms with Crippen molar-refractivity contribution in [1.29, 1.82) is 0 Å². The molecule has 2 heteroatoms. The molecule has 0 aromatic rings. The van der Waals surface area contributed by atoms with Gasteiger partial charge in [0, 0.05) is 25.2 Å². The molecule has 0 aliphatic heterocycles. The van der Waals surface area contributed by atoms with Crippen molar-refractivity contribution in [1.82, 2.24) is 10.2 Å². The first-order valence-electron chi connectivity index (χ1n) is 9.22. The van der Waals surface area contributed by atoms with Gasteiger partial charge in [0.15, 0.2) is 0 Å². The van der Waals surface area contributed by atoms with E-state index in [9.17, 15) is 0 Å². The molecular formula is C19H40N2. The van der Waals surface area contributed by atoms with E-state index in [4.69, 9.17) is 0 Å². The monoisotopic (exact) mass is 296 g/mol. The molecule has 1 fully saturated rings. The summed E-state index contributed by atoms with van der Waals surface area (Å²) in [5, 5.41) is 3.84. The first-order valence-corrected chi connectivity index (χ1v) is 9.22. The Hall–Kier alpha value is -0.0800. The maximum atomic E-state index is 3.84. The Morgan fingerprint density at radius 1 is 1.10 bits per heavy atom. The standard InChI is InChI=1S/C19H40N2/c1-8-11-20-17-9-10-19(6,7)12-18(17)21(13-15(2)3)14-16(4)5/h15-18,20H,8-14H2,1-7H3. The Balaban J connectivity index is 2.83. The van der Waals surface area contributed by atoms with E-state index in [0.717, 1.165) is 11.8 Å². The molecular weight excluding hydrogens is 256 g/mol. The van der Waals surface area contributed by atoms with E-state index in [1.807, 2.05) is 0 Å². The van der Waals surface area contributed by atoms with Crippen LogP contribution in [0.25, 0.3) is 0 Å². The number of hydrogen-bond donors (Lipinski definition) is 1. The lowest BCUT2D eigenvalue weighted by atomic mass is 9.72. The zero-order chi connectivity index (χ0) is 16.0. The summed E-state index contributed by atoms with van der Waals surface area (Å²) in [7, 11) is 0. The molecule has 2 unspecified atom stereocenters. The second kappa shape index (κ2) is 8.53. The predicted molar refractivity (Wildman–Crippen MR) is 94.8 cm³/mol. The Morgan fingerprint density at radius 2 is 1.67 bits per heavy atom. The summed E-state index contributed by atoms with van der Waals surface area (Å²) < 4.78 is 0. The van der Waals surface area contributed by atoms with Crippen molar-refractivity contribution in [3.8, 4) is 0 Å². The van der Waals surface area contributed by atoms with Crippen LogP contribution in [0.3, 0.4) is 0 Å². The smallest absolute Gasteiger partial charge is 0.0254 e. The molecule has 2 nitrogen and oxygen atoms in total. The fraction of sp³-hybridized carbons (Fsp3) is 1.00. The third kappa shape index (κ3) is 6.69.